The van der Waals surface area contributed by atoms with Crippen molar-refractivity contribution in [1.82, 2.24) is 0 Å². The van der Waals surface area contributed by atoms with Crippen LogP contribution in [0.5, 0.6) is 5.75 Å². The van der Waals surface area contributed by atoms with E-state index in [2.05, 4.69) is 4.74 Å². The van der Waals surface area contributed by atoms with E-state index in [1.807, 2.05) is 0 Å². The fraction of sp³-hybridized carbons (Fsp3) is 0.429. The highest BCUT2D eigenvalue weighted by Crippen LogP contribution is 2.12. The molecule has 1 rings (SSSR count). The first kappa shape index (κ1) is 14.2. The molecule has 1 aromatic carbocycles. The second-order valence-electron chi connectivity index (χ2n) is 3.92. The van der Waals surface area contributed by atoms with Crippen LogP contribution >= 0.6 is 0 Å². The molecule has 0 heterocycles. The predicted octanol–water partition coefficient (Wildman–Crippen LogP) is 2.61. The lowest BCUT2D eigenvalue weighted by Crippen LogP contribution is -2.01. The largest absolute Gasteiger partial charge is 0.494 e. The number of esters is 1. The molecule has 0 saturated carbocycles. The van der Waals surface area contributed by atoms with Crippen LogP contribution in [0.15, 0.2) is 24.3 Å². The van der Waals surface area contributed by atoms with Crippen LogP contribution in [0.25, 0.3) is 0 Å². The van der Waals surface area contributed by atoms with E-state index in [1.54, 1.807) is 24.3 Å². The second-order valence-corrected chi connectivity index (χ2v) is 3.92. The first-order valence-electron chi connectivity index (χ1n) is 6.01. The fourth-order valence-corrected chi connectivity index (χ4v) is 1.48. The zero-order chi connectivity index (χ0) is 13.2. The molecule has 0 aromatic heterocycles. The Kier molecular flexibility index (Phi) is 6.54. The van der Waals surface area contributed by atoms with Gasteiger partial charge >= 0.3 is 5.97 Å². The molecule has 0 amide bonds. The van der Waals surface area contributed by atoms with Crippen molar-refractivity contribution in [3.8, 4) is 5.75 Å². The minimum absolute atomic E-state index is 0.166. The highest BCUT2D eigenvalue weighted by Gasteiger charge is 1.99. The minimum Gasteiger partial charge on any atom is -0.494 e. The Balaban J connectivity index is 2.10. The van der Waals surface area contributed by atoms with Crippen molar-refractivity contribution in [3.05, 3.63) is 29.8 Å². The average Bonchev–Trinajstić information content (AvgIpc) is 2.43. The van der Waals surface area contributed by atoms with Crippen molar-refractivity contribution in [1.29, 1.82) is 0 Å². The Bertz CT molecular complexity index is 370. The molecule has 4 nitrogen and oxygen atoms in total. The van der Waals surface area contributed by atoms with Gasteiger partial charge in [0.1, 0.15) is 12.0 Å². The fourth-order valence-electron chi connectivity index (χ4n) is 1.48. The second kappa shape index (κ2) is 8.28. The van der Waals surface area contributed by atoms with Crippen LogP contribution in [0.3, 0.4) is 0 Å². The quantitative estimate of drug-likeness (QED) is 0.404. The summed E-state index contributed by atoms with van der Waals surface area (Å²) < 4.78 is 10.1. The number of rotatable bonds is 8. The van der Waals surface area contributed by atoms with E-state index in [0.717, 1.165) is 31.3 Å². The maximum absolute atomic E-state index is 10.8. The van der Waals surface area contributed by atoms with Gasteiger partial charge in [0.15, 0.2) is 0 Å². The standard InChI is InChI=1S/C14H18O4/c1-17-14(16)5-3-2-4-10-18-13-8-6-12(11-15)7-9-13/h6-9,11H,2-5,10H2,1H3. The van der Waals surface area contributed by atoms with Gasteiger partial charge in [-0.25, -0.2) is 0 Å². The van der Waals surface area contributed by atoms with Crippen LogP contribution in [0.4, 0.5) is 0 Å². The molecule has 18 heavy (non-hydrogen) atoms. The number of unbranched alkanes of at least 4 members (excludes halogenated alkanes) is 2. The van der Waals surface area contributed by atoms with Gasteiger partial charge in [0.05, 0.1) is 13.7 Å². The molecular weight excluding hydrogens is 232 g/mol. The molecule has 0 aliphatic carbocycles. The molecular formula is C14H18O4. The predicted molar refractivity (Wildman–Crippen MR) is 67.8 cm³/mol. The van der Waals surface area contributed by atoms with Gasteiger partial charge in [0, 0.05) is 12.0 Å². The summed E-state index contributed by atoms with van der Waals surface area (Å²) in [6.07, 6.45) is 3.91. The van der Waals surface area contributed by atoms with Crippen molar-refractivity contribution in [2.45, 2.75) is 25.7 Å². The lowest BCUT2D eigenvalue weighted by Gasteiger charge is -2.05. The molecule has 0 bridgehead atoms. The lowest BCUT2D eigenvalue weighted by molar-refractivity contribution is -0.140. The third-order valence-corrected chi connectivity index (χ3v) is 2.54. The molecule has 1 aromatic rings. The van der Waals surface area contributed by atoms with Gasteiger partial charge in [-0.3, -0.25) is 9.59 Å². The van der Waals surface area contributed by atoms with Crippen LogP contribution in [-0.2, 0) is 9.53 Å². The number of carbonyl (C=O) groups is 2. The number of benzene rings is 1. The van der Waals surface area contributed by atoms with E-state index in [4.69, 9.17) is 4.74 Å². The molecule has 0 N–H and O–H groups in total. The summed E-state index contributed by atoms with van der Waals surface area (Å²) >= 11 is 0. The van der Waals surface area contributed by atoms with Crippen molar-refractivity contribution in [2.75, 3.05) is 13.7 Å². The molecule has 0 spiro atoms. The summed E-state index contributed by atoms with van der Waals surface area (Å²) in [6, 6.07) is 7.00. The maximum atomic E-state index is 10.8. The Morgan fingerprint density at radius 2 is 1.89 bits per heavy atom. The average molecular weight is 250 g/mol. The molecule has 0 radical (unpaired) electrons. The van der Waals surface area contributed by atoms with Gasteiger partial charge in [0.25, 0.3) is 0 Å². The van der Waals surface area contributed by atoms with Crippen LogP contribution in [0, 0.1) is 0 Å². The van der Waals surface area contributed by atoms with Crippen molar-refractivity contribution >= 4 is 12.3 Å². The van der Waals surface area contributed by atoms with Gasteiger partial charge in [0.2, 0.25) is 0 Å². The van der Waals surface area contributed by atoms with E-state index in [9.17, 15) is 9.59 Å². The number of hydrogen-bond donors (Lipinski definition) is 0. The van der Waals surface area contributed by atoms with Gasteiger partial charge in [-0.05, 0) is 43.5 Å². The first-order chi connectivity index (χ1) is 8.76. The monoisotopic (exact) mass is 250 g/mol. The first-order valence-corrected chi connectivity index (χ1v) is 6.01. The molecule has 0 atom stereocenters. The SMILES string of the molecule is COC(=O)CCCCCOc1ccc(C=O)cc1. The summed E-state index contributed by atoms with van der Waals surface area (Å²) in [4.78, 5) is 21.3. The van der Waals surface area contributed by atoms with E-state index in [0.29, 0.717) is 18.6 Å². The summed E-state index contributed by atoms with van der Waals surface area (Å²) in [5.74, 6) is 0.592. The van der Waals surface area contributed by atoms with E-state index in [1.165, 1.54) is 7.11 Å². The summed E-state index contributed by atoms with van der Waals surface area (Å²) in [5, 5.41) is 0. The molecule has 0 aliphatic heterocycles. The normalized spacial score (nSPS) is 9.83. The number of methoxy groups -OCH3 is 1. The highest BCUT2D eigenvalue weighted by molar-refractivity contribution is 5.74. The smallest absolute Gasteiger partial charge is 0.305 e. The Labute approximate surface area is 107 Å². The number of carbonyl (C=O) groups excluding carboxylic acids is 2. The van der Waals surface area contributed by atoms with E-state index >= 15 is 0 Å². The lowest BCUT2D eigenvalue weighted by atomic mass is 10.2. The molecule has 0 unspecified atom stereocenters. The van der Waals surface area contributed by atoms with Gasteiger partial charge < -0.3 is 9.47 Å². The summed E-state index contributed by atoms with van der Waals surface area (Å²) in [6.45, 7) is 0.613. The van der Waals surface area contributed by atoms with Crippen molar-refractivity contribution in [2.24, 2.45) is 0 Å². The van der Waals surface area contributed by atoms with Gasteiger partial charge in [-0.1, -0.05) is 0 Å². The molecule has 0 fully saturated rings. The Morgan fingerprint density at radius 3 is 2.50 bits per heavy atom. The summed E-state index contributed by atoms with van der Waals surface area (Å²) in [5.41, 5.74) is 0.639. The summed E-state index contributed by atoms with van der Waals surface area (Å²) in [7, 11) is 1.40. The van der Waals surface area contributed by atoms with Crippen LogP contribution in [-0.4, -0.2) is 26.0 Å². The third-order valence-electron chi connectivity index (χ3n) is 2.54. The number of aldehydes is 1. The van der Waals surface area contributed by atoms with E-state index < -0.39 is 0 Å². The Hall–Kier alpha value is -1.84. The topological polar surface area (TPSA) is 52.6 Å². The van der Waals surface area contributed by atoms with Crippen molar-refractivity contribution < 1.29 is 19.1 Å². The molecule has 4 heteroatoms. The van der Waals surface area contributed by atoms with E-state index in [-0.39, 0.29) is 5.97 Å². The molecule has 0 saturated heterocycles. The third kappa shape index (κ3) is 5.48. The zero-order valence-corrected chi connectivity index (χ0v) is 10.6. The van der Waals surface area contributed by atoms with Crippen LogP contribution < -0.4 is 4.74 Å². The Morgan fingerprint density at radius 1 is 1.17 bits per heavy atom. The maximum Gasteiger partial charge on any atom is 0.305 e. The molecule has 98 valence electrons. The van der Waals surface area contributed by atoms with Crippen LogP contribution in [0.2, 0.25) is 0 Å². The number of ether oxygens (including phenoxy) is 2. The van der Waals surface area contributed by atoms with Gasteiger partial charge in [-0.15, -0.1) is 0 Å². The van der Waals surface area contributed by atoms with Gasteiger partial charge in [-0.2, -0.15) is 0 Å². The van der Waals surface area contributed by atoms with Crippen molar-refractivity contribution in [3.63, 3.8) is 0 Å². The minimum atomic E-state index is -0.166. The number of hydrogen-bond acceptors (Lipinski definition) is 4. The zero-order valence-electron chi connectivity index (χ0n) is 10.6. The highest BCUT2D eigenvalue weighted by atomic mass is 16.5. The van der Waals surface area contributed by atoms with Crippen LogP contribution in [0.1, 0.15) is 36.0 Å². The molecule has 0 aliphatic rings.